The summed E-state index contributed by atoms with van der Waals surface area (Å²) in [4.78, 5) is 10.0. The van der Waals surface area contributed by atoms with E-state index in [1.807, 2.05) is 0 Å². The number of rotatable bonds is 4. The summed E-state index contributed by atoms with van der Waals surface area (Å²) in [5.41, 5.74) is 0.339. The predicted octanol–water partition coefficient (Wildman–Crippen LogP) is 1.52. The molecule has 0 aliphatic heterocycles. The summed E-state index contributed by atoms with van der Waals surface area (Å²) in [6.07, 6.45) is 1.88. The van der Waals surface area contributed by atoms with Crippen molar-refractivity contribution in [1.82, 2.24) is 0 Å². The molecule has 1 rings (SSSR count). The third kappa shape index (κ3) is 2.32. The van der Waals surface area contributed by atoms with Crippen LogP contribution < -0.4 is 0 Å². The van der Waals surface area contributed by atoms with Crippen LogP contribution in [0.25, 0.3) is 0 Å². The summed E-state index contributed by atoms with van der Waals surface area (Å²) in [6.45, 7) is 3.01. The van der Waals surface area contributed by atoms with E-state index in [0.29, 0.717) is 12.0 Å². The van der Waals surface area contributed by atoms with E-state index in [1.54, 1.807) is 0 Å². The zero-order valence-corrected chi connectivity index (χ0v) is 8.01. The molecule has 0 spiro atoms. The standard InChI is InChI=1S/C10H11NO4/c1-2-3-7-4-9(11(14)15)8(6-12)5-10(7)13/h2,4-5,12-13H,1,3,6H2. The molecule has 0 aromatic heterocycles. The van der Waals surface area contributed by atoms with E-state index in [2.05, 4.69) is 6.58 Å². The van der Waals surface area contributed by atoms with Crippen LogP contribution in [0, 0.1) is 10.1 Å². The Kier molecular flexibility index (Phi) is 3.41. The Balaban J connectivity index is 3.29. The maximum Gasteiger partial charge on any atom is 0.275 e. The molecule has 0 saturated heterocycles. The topological polar surface area (TPSA) is 83.6 Å². The highest BCUT2D eigenvalue weighted by Gasteiger charge is 2.16. The number of aliphatic hydroxyl groups is 1. The Hall–Kier alpha value is -1.88. The van der Waals surface area contributed by atoms with Gasteiger partial charge in [-0.3, -0.25) is 10.1 Å². The fourth-order valence-corrected chi connectivity index (χ4v) is 1.28. The van der Waals surface area contributed by atoms with Crippen LogP contribution in [0.5, 0.6) is 5.75 Å². The van der Waals surface area contributed by atoms with Crippen molar-refractivity contribution in [3.05, 3.63) is 46.0 Å². The minimum atomic E-state index is -0.586. The maximum atomic E-state index is 10.6. The molecule has 1 aromatic carbocycles. The van der Waals surface area contributed by atoms with Gasteiger partial charge in [0.1, 0.15) is 5.75 Å². The second kappa shape index (κ2) is 4.56. The van der Waals surface area contributed by atoms with Crippen LogP contribution in [-0.2, 0) is 13.0 Å². The van der Waals surface area contributed by atoms with E-state index in [4.69, 9.17) is 5.11 Å². The van der Waals surface area contributed by atoms with Crippen molar-refractivity contribution in [3.8, 4) is 5.75 Å². The molecule has 0 heterocycles. The second-order valence-corrected chi connectivity index (χ2v) is 3.02. The van der Waals surface area contributed by atoms with Crippen molar-refractivity contribution >= 4 is 5.69 Å². The first-order chi connectivity index (χ1) is 7.10. The van der Waals surface area contributed by atoms with Crippen LogP contribution in [0.2, 0.25) is 0 Å². The molecule has 0 amide bonds. The summed E-state index contributed by atoms with van der Waals surface area (Å²) < 4.78 is 0. The molecule has 0 bridgehead atoms. The number of nitrogens with zero attached hydrogens (tertiary/aromatic N) is 1. The number of allylic oxidation sites excluding steroid dienone is 1. The summed E-state index contributed by atoms with van der Waals surface area (Å²) in [5.74, 6) is -0.0652. The number of nitro benzene ring substituents is 1. The lowest BCUT2D eigenvalue weighted by atomic mass is 10.1. The van der Waals surface area contributed by atoms with Crippen LogP contribution in [-0.4, -0.2) is 15.1 Å². The van der Waals surface area contributed by atoms with Gasteiger partial charge in [-0.25, -0.2) is 0 Å². The van der Waals surface area contributed by atoms with Gasteiger partial charge in [-0.1, -0.05) is 6.08 Å². The van der Waals surface area contributed by atoms with Crippen molar-refractivity contribution in [2.75, 3.05) is 0 Å². The first-order valence-electron chi connectivity index (χ1n) is 4.31. The van der Waals surface area contributed by atoms with Crippen molar-refractivity contribution < 1.29 is 15.1 Å². The number of benzene rings is 1. The van der Waals surface area contributed by atoms with Gasteiger partial charge in [-0.15, -0.1) is 6.58 Å². The zero-order chi connectivity index (χ0) is 11.4. The van der Waals surface area contributed by atoms with E-state index >= 15 is 0 Å². The molecule has 0 saturated carbocycles. The number of aliphatic hydroxyl groups excluding tert-OH is 1. The molecule has 80 valence electrons. The first kappa shape index (κ1) is 11.2. The third-order valence-corrected chi connectivity index (χ3v) is 2.01. The number of hydrogen-bond acceptors (Lipinski definition) is 4. The molecule has 5 heteroatoms. The molecule has 2 N–H and O–H groups in total. The summed E-state index contributed by atoms with van der Waals surface area (Å²) in [6, 6.07) is 2.46. The van der Waals surface area contributed by atoms with E-state index in [-0.39, 0.29) is 17.0 Å². The number of phenolic OH excluding ortho intramolecular Hbond substituents is 1. The molecule has 0 aliphatic rings. The van der Waals surface area contributed by atoms with Gasteiger partial charge in [0, 0.05) is 11.6 Å². The quantitative estimate of drug-likeness (QED) is 0.447. The fourth-order valence-electron chi connectivity index (χ4n) is 1.28. The van der Waals surface area contributed by atoms with Gasteiger partial charge in [-0.05, 0) is 12.5 Å². The Morgan fingerprint density at radius 2 is 2.13 bits per heavy atom. The van der Waals surface area contributed by atoms with Gasteiger partial charge in [0.25, 0.3) is 5.69 Å². The number of aromatic hydroxyl groups is 1. The van der Waals surface area contributed by atoms with E-state index in [1.165, 1.54) is 18.2 Å². The number of hydrogen-bond donors (Lipinski definition) is 2. The second-order valence-electron chi connectivity index (χ2n) is 3.02. The Morgan fingerprint density at radius 1 is 1.47 bits per heavy atom. The largest absolute Gasteiger partial charge is 0.508 e. The number of phenols is 1. The van der Waals surface area contributed by atoms with Crippen molar-refractivity contribution in [2.24, 2.45) is 0 Å². The van der Waals surface area contributed by atoms with Gasteiger partial charge in [0.15, 0.2) is 0 Å². The Morgan fingerprint density at radius 3 is 2.60 bits per heavy atom. The lowest BCUT2D eigenvalue weighted by Crippen LogP contribution is -1.97. The lowest BCUT2D eigenvalue weighted by Gasteiger charge is -2.05. The van der Waals surface area contributed by atoms with Gasteiger partial charge >= 0.3 is 0 Å². The van der Waals surface area contributed by atoms with Gasteiger partial charge in [-0.2, -0.15) is 0 Å². The molecule has 0 radical (unpaired) electrons. The fraction of sp³-hybridized carbons (Fsp3) is 0.200. The average molecular weight is 209 g/mol. The summed E-state index contributed by atoms with van der Waals surface area (Å²) in [5, 5.41) is 29.0. The van der Waals surface area contributed by atoms with Crippen LogP contribution in [0.4, 0.5) is 5.69 Å². The molecule has 0 unspecified atom stereocenters. The van der Waals surface area contributed by atoms with Gasteiger partial charge in [0.05, 0.1) is 17.1 Å². The lowest BCUT2D eigenvalue weighted by molar-refractivity contribution is -0.385. The molecule has 15 heavy (non-hydrogen) atoms. The highest BCUT2D eigenvalue weighted by atomic mass is 16.6. The predicted molar refractivity (Wildman–Crippen MR) is 54.6 cm³/mol. The molecular formula is C10H11NO4. The van der Waals surface area contributed by atoms with Gasteiger partial charge in [0.2, 0.25) is 0 Å². The minimum absolute atomic E-state index is 0.0652. The molecule has 0 aliphatic carbocycles. The van der Waals surface area contributed by atoms with Crippen LogP contribution in [0.1, 0.15) is 11.1 Å². The molecule has 0 atom stereocenters. The first-order valence-corrected chi connectivity index (χ1v) is 4.31. The zero-order valence-electron chi connectivity index (χ0n) is 8.01. The maximum absolute atomic E-state index is 10.6. The highest BCUT2D eigenvalue weighted by molar-refractivity contribution is 5.50. The SMILES string of the molecule is C=CCc1cc([N+](=O)[O-])c(CO)cc1O. The highest BCUT2D eigenvalue weighted by Crippen LogP contribution is 2.28. The third-order valence-electron chi connectivity index (χ3n) is 2.01. The molecule has 5 nitrogen and oxygen atoms in total. The van der Waals surface area contributed by atoms with E-state index in [9.17, 15) is 15.2 Å². The van der Waals surface area contributed by atoms with Crippen LogP contribution in [0.15, 0.2) is 24.8 Å². The van der Waals surface area contributed by atoms with Crippen molar-refractivity contribution in [3.63, 3.8) is 0 Å². The average Bonchev–Trinajstić information content (AvgIpc) is 2.20. The smallest absolute Gasteiger partial charge is 0.275 e. The van der Waals surface area contributed by atoms with Crippen molar-refractivity contribution in [2.45, 2.75) is 13.0 Å². The van der Waals surface area contributed by atoms with Crippen LogP contribution >= 0.6 is 0 Å². The molecule has 0 fully saturated rings. The van der Waals surface area contributed by atoms with Crippen LogP contribution in [0.3, 0.4) is 0 Å². The summed E-state index contributed by atoms with van der Waals surface area (Å²) >= 11 is 0. The van der Waals surface area contributed by atoms with E-state index < -0.39 is 11.5 Å². The summed E-state index contributed by atoms with van der Waals surface area (Å²) in [7, 11) is 0. The normalized spacial score (nSPS) is 9.93. The van der Waals surface area contributed by atoms with Gasteiger partial charge < -0.3 is 10.2 Å². The molecular weight excluding hydrogens is 198 g/mol. The minimum Gasteiger partial charge on any atom is -0.508 e. The number of nitro groups is 1. The Labute approximate surface area is 86.4 Å². The Bertz CT molecular complexity index is 401. The monoisotopic (exact) mass is 209 g/mol. The molecule has 1 aromatic rings. The van der Waals surface area contributed by atoms with Crippen molar-refractivity contribution in [1.29, 1.82) is 0 Å². The van der Waals surface area contributed by atoms with E-state index in [0.717, 1.165) is 0 Å².